The van der Waals surface area contributed by atoms with Crippen LogP contribution in [0.15, 0.2) is 146 Å². The molecule has 10 aromatic rings. The molecule has 3 aromatic heterocycles. The Bertz CT molecular complexity index is 3120. The molecule has 0 atom stereocenters. The summed E-state index contributed by atoms with van der Waals surface area (Å²) in [6.07, 6.45) is 6.79. The molecule has 0 saturated heterocycles. The van der Waals surface area contributed by atoms with Crippen molar-refractivity contribution in [3.8, 4) is 28.3 Å². The zero-order chi connectivity index (χ0) is 34.3. The molecule has 0 aliphatic heterocycles. The smallest absolute Gasteiger partial charge is 0.235 e. The first kappa shape index (κ1) is 29.2. The molecule has 7 aromatic carbocycles. The molecule has 0 unspecified atom stereocenters. The van der Waals surface area contributed by atoms with Crippen molar-refractivity contribution >= 4 is 71.4 Å². The van der Waals surface area contributed by atoms with Crippen molar-refractivity contribution in [3.63, 3.8) is 0 Å². The van der Waals surface area contributed by atoms with Gasteiger partial charge in [0.1, 0.15) is 0 Å². The highest BCUT2D eigenvalue weighted by Gasteiger charge is 2.23. The fraction of sp³-hybridized carbons (Fsp3) is 0.0833. The molecular formula is C48H34N4. The second kappa shape index (κ2) is 11.2. The molecule has 1 aliphatic carbocycles. The van der Waals surface area contributed by atoms with Gasteiger partial charge in [0, 0.05) is 50.1 Å². The minimum absolute atomic E-state index is 0.678. The van der Waals surface area contributed by atoms with Crippen LogP contribution in [-0.4, -0.2) is 19.1 Å². The summed E-state index contributed by atoms with van der Waals surface area (Å²) < 4.78 is 4.75. The molecule has 0 N–H and O–H groups in total. The van der Waals surface area contributed by atoms with Crippen LogP contribution < -0.4 is 0 Å². The standard InChI is InChI=1S/C48H34N4/c1-2-51-43-24-11-8-19-35(43)41-29-39(33-17-5-6-20-37(33)47(41)51)31-26-27-45-40(28-31)34-18-9-12-25-44(34)52(45)48-49-42-23-10-7-21-38(42)46(50-48)36-22-13-15-30-14-3-4-16-32(30)36/h3-4,6-16,18-29H,2,5,17H2,1H3. The summed E-state index contributed by atoms with van der Waals surface area (Å²) in [6, 6.07) is 50.4. The molecule has 0 radical (unpaired) electrons. The molecule has 0 saturated carbocycles. The van der Waals surface area contributed by atoms with Crippen LogP contribution in [0, 0.1) is 0 Å². The fourth-order valence-electron chi connectivity index (χ4n) is 8.91. The third-order valence-electron chi connectivity index (χ3n) is 11.2. The van der Waals surface area contributed by atoms with E-state index < -0.39 is 0 Å². The number of benzene rings is 7. The molecule has 246 valence electrons. The lowest BCUT2D eigenvalue weighted by Crippen LogP contribution is -2.04. The number of rotatable bonds is 4. The average Bonchev–Trinajstić information content (AvgIpc) is 3.72. The maximum atomic E-state index is 5.42. The van der Waals surface area contributed by atoms with Crippen LogP contribution in [0.3, 0.4) is 0 Å². The molecule has 4 heteroatoms. The zero-order valence-electron chi connectivity index (χ0n) is 28.8. The van der Waals surface area contributed by atoms with Crippen molar-refractivity contribution in [1.82, 2.24) is 19.1 Å². The largest absolute Gasteiger partial charge is 0.340 e. The number of para-hydroxylation sites is 3. The van der Waals surface area contributed by atoms with Crippen LogP contribution in [0.4, 0.5) is 0 Å². The summed E-state index contributed by atoms with van der Waals surface area (Å²) >= 11 is 0. The SMILES string of the molecule is CCn1c2ccccc2c2cc(-c3ccc4c(c3)c3ccccc3n4-c3nc(-c4cccc5ccccc45)c4ccccc4n3)c3c(c21)C=CCC3. The van der Waals surface area contributed by atoms with E-state index in [-0.39, 0.29) is 0 Å². The Balaban J connectivity index is 1.17. The Morgan fingerprint density at radius 3 is 2.15 bits per heavy atom. The van der Waals surface area contributed by atoms with Gasteiger partial charge in [-0.25, -0.2) is 9.97 Å². The van der Waals surface area contributed by atoms with E-state index in [1.54, 1.807) is 0 Å². The van der Waals surface area contributed by atoms with Gasteiger partial charge in [-0.1, -0.05) is 115 Å². The van der Waals surface area contributed by atoms with Crippen molar-refractivity contribution in [2.75, 3.05) is 0 Å². The number of aryl methyl sites for hydroxylation is 1. The molecule has 0 amide bonds. The van der Waals surface area contributed by atoms with Crippen molar-refractivity contribution in [3.05, 3.63) is 157 Å². The number of hydrogen-bond acceptors (Lipinski definition) is 2. The first-order chi connectivity index (χ1) is 25.8. The average molecular weight is 667 g/mol. The second-order valence-electron chi connectivity index (χ2n) is 13.9. The van der Waals surface area contributed by atoms with E-state index in [4.69, 9.17) is 9.97 Å². The Morgan fingerprint density at radius 1 is 0.577 bits per heavy atom. The number of aromatic nitrogens is 4. The van der Waals surface area contributed by atoms with E-state index in [1.165, 1.54) is 65.6 Å². The van der Waals surface area contributed by atoms with Gasteiger partial charge < -0.3 is 4.57 Å². The van der Waals surface area contributed by atoms with Gasteiger partial charge in [-0.05, 0) is 83.6 Å². The van der Waals surface area contributed by atoms with Crippen LogP contribution in [0.25, 0.3) is 99.7 Å². The van der Waals surface area contributed by atoms with Crippen molar-refractivity contribution < 1.29 is 0 Å². The molecule has 4 nitrogen and oxygen atoms in total. The van der Waals surface area contributed by atoms with Crippen LogP contribution in [0.5, 0.6) is 0 Å². The van der Waals surface area contributed by atoms with Gasteiger partial charge in [-0.15, -0.1) is 0 Å². The Kier molecular flexibility index (Phi) is 6.32. The van der Waals surface area contributed by atoms with Crippen LogP contribution in [0.1, 0.15) is 24.5 Å². The van der Waals surface area contributed by atoms with E-state index in [0.29, 0.717) is 5.95 Å². The minimum Gasteiger partial charge on any atom is -0.340 e. The third kappa shape index (κ3) is 4.15. The molecule has 11 rings (SSSR count). The molecule has 0 fully saturated rings. The summed E-state index contributed by atoms with van der Waals surface area (Å²) in [7, 11) is 0. The van der Waals surface area contributed by atoms with Gasteiger partial charge in [0.05, 0.1) is 27.8 Å². The van der Waals surface area contributed by atoms with Crippen molar-refractivity contribution in [1.29, 1.82) is 0 Å². The van der Waals surface area contributed by atoms with E-state index in [9.17, 15) is 0 Å². The van der Waals surface area contributed by atoms with Gasteiger partial charge in [-0.3, -0.25) is 4.57 Å². The quantitative estimate of drug-likeness (QED) is 0.187. The van der Waals surface area contributed by atoms with E-state index >= 15 is 0 Å². The second-order valence-corrected chi connectivity index (χ2v) is 13.9. The first-order valence-corrected chi connectivity index (χ1v) is 18.3. The maximum absolute atomic E-state index is 5.42. The van der Waals surface area contributed by atoms with E-state index in [2.05, 4.69) is 168 Å². The Hall–Kier alpha value is -6.52. The lowest BCUT2D eigenvalue weighted by molar-refractivity contribution is 0.824. The number of hydrogen-bond donors (Lipinski definition) is 0. The molecule has 3 heterocycles. The van der Waals surface area contributed by atoms with E-state index in [0.717, 1.165) is 52.6 Å². The third-order valence-corrected chi connectivity index (χ3v) is 11.2. The van der Waals surface area contributed by atoms with Gasteiger partial charge in [-0.2, -0.15) is 0 Å². The molecule has 0 spiro atoms. The van der Waals surface area contributed by atoms with Crippen LogP contribution in [-0.2, 0) is 13.0 Å². The summed E-state index contributed by atoms with van der Waals surface area (Å²) in [4.78, 5) is 10.7. The summed E-state index contributed by atoms with van der Waals surface area (Å²) in [5, 5.41) is 8.46. The molecular weight excluding hydrogens is 633 g/mol. The van der Waals surface area contributed by atoms with Crippen molar-refractivity contribution in [2.45, 2.75) is 26.3 Å². The van der Waals surface area contributed by atoms with Gasteiger partial charge in [0.15, 0.2) is 0 Å². The highest BCUT2D eigenvalue weighted by Crippen LogP contribution is 2.43. The monoisotopic (exact) mass is 666 g/mol. The summed E-state index contributed by atoms with van der Waals surface area (Å²) in [6.45, 7) is 3.20. The summed E-state index contributed by atoms with van der Waals surface area (Å²) in [5.74, 6) is 0.678. The Morgan fingerprint density at radius 2 is 1.29 bits per heavy atom. The van der Waals surface area contributed by atoms with Crippen LogP contribution >= 0.6 is 0 Å². The Labute approximate surface area is 300 Å². The zero-order valence-corrected chi connectivity index (χ0v) is 28.8. The number of nitrogens with zero attached hydrogens (tertiary/aromatic N) is 4. The van der Waals surface area contributed by atoms with Crippen LogP contribution in [0.2, 0.25) is 0 Å². The van der Waals surface area contributed by atoms with Crippen molar-refractivity contribution in [2.24, 2.45) is 0 Å². The van der Waals surface area contributed by atoms with Gasteiger partial charge in [0.25, 0.3) is 0 Å². The predicted octanol–water partition coefficient (Wildman–Crippen LogP) is 12.3. The normalized spacial score (nSPS) is 12.9. The first-order valence-electron chi connectivity index (χ1n) is 18.3. The minimum atomic E-state index is 0.678. The molecule has 52 heavy (non-hydrogen) atoms. The predicted molar refractivity (Wildman–Crippen MR) is 218 cm³/mol. The highest BCUT2D eigenvalue weighted by molar-refractivity contribution is 6.14. The summed E-state index contributed by atoms with van der Waals surface area (Å²) in [5.41, 5.74) is 13.2. The lowest BCUT2D eigenvalue weighted by Gasteiger charge is -2.19. The molecule has 1 aliphatic rings. The number of allylic oxidation sites excluding steroid dienone is 1. The molecule has 0 bridgehead atoms. The topological polar surface area (TPSA) is 35.6 Å². The van der Waals surface area contributed by atoms with Gasteiger partial charge >= 0.3 is 0 Å². The lowest BCUT2D eigenvalue weighted by atomic mass is 9.87. The van der Waals surface area contributed by atoms with Gasteiger partial charge in [0.2, 0.25) is 5.95 Å². The van der Waals surface area contributed by atoms with E-state index in [1.807, 2.05) is 0 Å². The fourth-order valence-corrected chi connectivity index (χ4v) is 8.91. The number of fused-ring (bicyclic) bond motifs is 10. The maximum Gasteiger partial charge on any atom is 0.235 e. The highest BCUT2D eigenvalue weighted by atomic mass is 15.2.